The Hall–Kier alpha value is -3.17. The number of rotatable bonds is 8. The number of hydrogen-bond acceptors (Lipinski definition) is 5. The van der Waals surface area contributed by atoms with Crippen LogP contribution in [0.25, 0.3) is 6.08 Å². The van der Waals surface area contributed by atoms with Gasteiger partial charge in [0.25, 0.3) is 11.5 Å². The Morgan fingerprint density at radius 2 is 1.69 bits per heavy atom. The standard InChI is InChI=1S/C32H28BrCl2N3O3S/c1-4-37(5-2)31(40)28-19(3)36-32-38(29(28)22-9-13-24(35)14-10-22)30(39)27(42-32)17-21-8-15-26(25(33)16-21)41-18-20-6-11-23(34)12-7-20/h6-17,29H,4-5,18H2,1-3H3/b27-17+/t29-/m1/s1. The molecule has 3 aromatic carbocycles. The monoisotopic (exact) mass is 683 g/mol. The van der Waals surface area contributed by atoms with Gasteiger partial charge < -0.3 is 9.64 Å². The van der Waals surface area contributed by atoms with Gasteiger partial charge in [-0.15, -0.1) is 0 Å². The first-order chi connectivity index (χ1) is 20.2. The molecule has 6 nitrogen and oxygen atoms in total. The average Bonchev–Trinajstić information content (AvgIpc) is 3.27. The Morgan fingerprint density at radius 3 is 2.31 bits per heavy atom. The number of thiazole rings is 1. The molecule has 2 heterocycles. The van der Waals surface area contributed by atoms with Gasteiger partial charge in [0, 0.05) is 23.1 Å². The molecule has 4 aromatic rings. The van der Waals surface area contributed by atoms with Gasteiger partial charge in [-0.25, -0.2) is 4.99 Å². The highest BCUT2D eigenvalue weighted by molar-refractivity contribution is 9.10. The first-order valence-corrected chi connectivity index (χ1v) is 15.8. The van der Waals surface area contributed by atoms with Gasteiger partial charge in [0.2, 0.25) is 0 Å². The molecule has 0 bridgehead atoms. The van der Waals surface area contributed by atoms with Gasteiger partial charge in [-0.05, 0) is 95.9 Å². The number of aromatic nitrogens is 1. The van der Waals surface area contributed by atoms with Gasteiger partial charge in [0.15, 0.2) is 4.80 Å². The third-order valence-electron chi connectivity index (χ3n) is 7.05. The summed E-state index contributed by atoms with van der Waals surface area (Å²) in [7, 11) is 0. The lowest BCUT2D eigenvalue weighted by molar-refractivity contribution is -0.127. The molecule has 216 valence electrons. The normalized spacial score (nSPS) is 14.9. The Bertz CT molecular complexity index is 1840. The molecular weight excluding hydrogens is 657 g/mol. The predicted molar refractivity (Wildman–Crippen MR) is 173 cm³/mol. The largest absolute Gasteiger partial charge is 0.488 e. The molecule has 5 rings (SSSR count). The zero-order chi connectivity index (χ0) is 30.0. The van der Waals surface area contributed by atoms with Gasteiger partial charge in [-0.2, -0.15) is 0 Å². The summed E-state index contributed by atoms with van der Waals surface area (Å²) in [5, 5.41) is 1.26. The highest BCUT2D eigenvalue weighted by Crippen LogP contribution is 2.32. The summed E-state index contributed by atoms with van der Waals surface area (Å²) in [6.07, 6.45) is 1.84. The van der Waals surface area contributed by atoms with Crippen LogP contribution < -0.4 is 19.6 Å². The minimum atomic E-state index is -0.621. The highest BCUT2D eigenvalue weighted by Gasteiger charge is 2.34. The van der Waals surface area contributed by atoms with Gasteiger partial charge in [-0.1, -0.05) is 64.9 Å². The minimum absolute atomic E-state index is 0.131. The van der Waals surface area contributed by atoms with E-state index in [-0.39, 0.29) is 11.5 Å². The van der Waals surface area contributed by atoms with Crippen LogP contribution in [0.4, 0.5) is 0 Å². The van der Waals surface area contributed by atoms with E-state index >= 15 is 0 Å². The van der Waals surface area contributed by atoms with Crippen molar-refractivity contribution in [1.82, 2.24) is 9.47 Å². The van der Waals surface area contributed by atoms with Gasteiger partial charge >= 0.3 is 0 Å². The number of amides is 1. The number of benzene rings is 3. The van der Waals surface area contributed by atoms with Crippen molar-refractivity contribution in [1.29, 1.82) is 0 Å². The number of likely N-dealkylation sites (N-methyl/N-ethyl adjacent to an activating group) is 1. The lowest BCUT2D eigenvalue weighted by Gasteiger charge is -2.29. The molecule has 1 aliphatic heterocycles. The summed E-state index contributed by atoms with van der Waals surface area (Å²) in [4.78, 5) is 34.7. The molecule has 1 aliphatic rings. The van der Waals surface area contributed by atoms with Gasteiger partial charge in [-0.3, -0.25) is 14.2 Å². The fraction of sp³-hybridized carbons (Fsp3) is 0.219. The zero-order valence-electron chi connectivity index (χ0n) is 23.2. The first kappa shape index (κ1) is 30.3. The van der Waals surface area contributed by atoms with E-state index in [4.69, 9.17) is 32.9 Å². The van der Waals surface area contributed by atoms with Crippen molar-refractivity contribution < 1.29 is 9.53 Å². The molecule has 0 spiro atoms. The SMILES string of the molecule is CCN(CC)C(=O)C1=C(C)N=c2s/c(=C/c3ccc(OCc4ccc(Cl)cc4)c(Br)c3)c(=O)n2[C@@H]1c1ccc(Cl)cc1. The number of carbonyl (C=O) groups excluding carboxylic acids is 1. The van der Waals surface area contributed by atoms with E-state index in [9.17, 15) is 9.59 Å². The summed E-state index contributed by atoms with van der Waals surface area (Å²) >= 11 is 17.1. The van der Waals surface area contributed by atoms with Crippen LogP contribution in [0.2, 0.25) is 10.0 Å². The molecule has 0 N–H and O–H groups in total. The minimum Gasteiger partial charge on any atom is -0.488 e. The number of halogens is 3. The molecule has 0 saturated heterocycles. The smallest absolute Gasteiger partial charge is 0.271 e. The summed E-state index contributed by atoms with van der Waals surface area (Å²) in [5.74, 6) is 0.551. The Kier molecular flexibility index (Phi) is 9.38. The van der Waals surface area contributed by atoms with Crippen molar-refractivity contribution in [2.24, 2.45) is 4.99 Å². The molecule has 42 heavy (non-hydrogen) atoms. The van der Waals surface area contributed by atoms with E-state index in [2.05, 4.69) is 15.9 Å². The van der Waals surface area contributed by atoms with Crippen LogP contribution in [0, 0.1) is 0 Å². The van der Waals surface area contributed by atoms with Gasteiger partial charge in [0.05, 0.1) is 26.3 Å². The Balaban J connectivity index is 1.53. The van der Waals surface area contributed by atoms with Gasteiger partial charge in [0.1, 0.15) is 12.4 Å². The first-order valence-electron chi connectivity index (χ1n) is 13.4. The van der Waals surface area contributed by atoms with Crippen LogP contribution in [0.3, 0.4) is 0 Å². The molecule has 0 unspecified atom stereocenters. The van der Waals surface area contributed by atoms with Crippen LogP contribution in [-0.2, 0) is 11.4 Å². The number of hydrogen-bond donors (Lipinski definition) is 0. The number of nitrogens with zero attached hydrogens (tertiary/aromatic N) is 3. The van der Waals surface area contributed by atoms with Crippen molar-refractivity contribution in [3.05, 3.63) is 129 Å². The lowest BCUT2D eigenvalue weighted by atomic mass is 9.94. The number of ether oxygens (including phenoxy) is 1. The molecule has 10 heteroatoms. The third-order valence-corrected chi connectivity index (χ3v) is 9.16. The maximum Gasteiger partial charge on any atom is 0.271 e. The molecule has 1 amide bonds. The topological polar surface area (TPSA) is 63.9 Å². The molecule has 1 aromatic heterocycles. The fourth-order valence-electron chi connectivity index (χ4n) is 4.85. The Morgan fingerprint density at radius 1 is 1.05 bits per heavy atom. The van der Waals surface area contributed by atoms with E-state index in [0.29, 0.717) is 56.1 Å². The molecule has 0 saturated carbocycles. The lowest BCUT2D eigenvalue weighted by Crippen LogP contribution is -2.43. The summed E-state index contributed by atoms with van der Waals surface area (Å²) in [6, 6.07) is 19.8. The van der Waals surface area contributed by atoms with Crippen molar-refractivity contribution in [3.63, 3.8) is 0 Å². The molecule has 0 aliphatic carbocycles. The van der Waals surface area contributed by atoms with Crippen LogP contribution in [0.1, 0.15) is 43.5 Å². The number of allylic oxidation sites excluding steroid dienone is 1. The second-order valence-corrected chi connectivity index (χ2v) is 12.5. The second-order valence-electron chi connectivity index (χ2n) is 9.72. The van der Waals surface area contributed by atoms with E-state index in [1.165, 1.54) is 11.3 Å². The van der Waals surface area contributed by atoms with Crippen LogP contribution in [0.15, 0.2) is 92.3 Å². The Labute approximate surface area is 266 Å². The van der Waals surface area contributed by atoms with Crippen LogP contribution >= 0.6 is 50.5 Å². The van der Waals surface area contributed by atoms with Crippen molar-refractivity contribution in [3.8, 4) is 5.75 Å². The number of carbonyl (C=O) groups is 1. The van der Waals surface area contributed by atoms with Crippen molar-refractivity contribution in [2.45, 2.75) is 33.4 Å². The van der Waals surface area contributed by atoms with E-state index in [1.807, 2.05) is 81.4 Å². The summed E-state index contributed by atoms with van der Waals surface area (Å²) in [5.41, 5.74) is 3.50. The summed E-state index contributed by atoms with van der Waals surface area (Å²) in [6.45, 7) is 7.21. The van der Waals surface area contributed by atoms with E-state index < -0.39 is 6.04 Å². The van der Waals surface area contributed by atoms with E-state index in [1.54, 1.807) is 21.6 Å². The third kappa shape index (κ3) is 6.27. The second kappa shape index (κ2) is 13.0. The van der Waals surface area contributed by atoms with Crippen LogP contribution in [0.5, 0.6) is 5.75 Å². The maximum absolute atomic E-state index is 14.0. The van der Waals surface area contributed by atoms with E-state index in [0.717, 1.165) is 21.2 Å². The quantitative estimate of drug-likeness (QED) is 0.206. The average molecular weight is 685 g/mol. The maximum atomic E-state index is 14.0. The number of fused-ring (bicyclic) bond motifs is 1. The summed E-state index contributed by atoms with van der Waals surface area (Å²) < 4.78 is 8.88. The van der Waals surface area contributed by atoms with Crippen molar-refractivity contribution in [2.75, 3.05) is 13.1 Å². The zero-order valence-corrected chi connectivity index (χ0v) is 27.1. The molecular formula is C32H28BrCl2N3O3S. The molecule has 1 atom stereocenters. The fourth-order valence-corrected chi connectivity index (χ4v) is 6.66. The molecule has 0 radical (unpaired) electrons. The molecule has 0 fully saturated rings. The highest BCUT2D eigenvalue weighted by atomic mass is 79.9. The van der Waals surface area contributed by atoms with Crippen LogP contribution in [-0.4, -0.2) is 28.5 Å². The van der Waals surface area contributed by atoms with Crippen molar-refractivity contribution >= 4 is 62.5 Å². The predicted octanol–water partition coefficient (Wildman–Crippen LogP) is 6.75.